The number of aliphatic hydroxyl groups is 1. The van der Waals surface area contributed by atoms with Gasteiger partial charge in [0.15, 0.2) is 0 Å². The second-order valence-corrected chi connectivity index (χ2v) is 7.91. The molecule has 0 aromatic rings. The Bertz CT molecular complexity index is 480. The number of nitrogens with one attached hydrogen (secondary N) is 2. The van der Waals surface area contributed by atoms with E-state index in [9.17, 15) is 14.7 Å². The summed E-state index contributed by atoms with van der Waals surface area (Å²) in [4.78, 5) is 22.9. The van der Waals surface area contributed by atoms with Gasteiger partial charge in [-0.2, -0.15) is 0 Å². The van der Waals surface area contributed by atoms with Crippen molar-refractivity contribution >= 4 is 30.7 Å². The van der Waals surface area contributed by atoms with E-state index in [0.29, 0.717) is 19.4 Å². The minimum Gasteiger partial charge on any atom is -0.388 e. The summed E-state index contributed by atoms with van der Waals surface area (Å²) in [6.07, 6.45) is -0.965. The van der Waals surface area contributed by atoms with E-state index in [0.717, 1.165) is 0 Å². The molecule has 0 aliphatic carbocycles. The van der Waals surface area contributed by atoms with Crippen molar-refractivity contribution in [3.63, 3.8) is 0 Å². The Hall–Kier alpha value is -0.360. The van der Waals surface area contributed by atoms with Crippen LogP contribution in [-0.4, -0.2) is 60.0 Å². The molecule has 2 amide bonds. The van der Waals surface area contributed by atoms with Crippen molar-refractivity contribution in [3.05, 3.63) is 0 Å². The van der Waals surface area contributed by atoms with E-state index in [1.54, 1.807) is 0 Å². The van der Waals surface area contributed by atoms with Gasteiger partial charge in [0.2, 0.25) is 11.8 Å². The van der Waals surface area contributed by atoms with Crippen LogP contribution in [-0.2, 0) is 23.4 Å². The van der Waals surface area contributed by atoms with E-state index < -0.39 is 30.0 Å². The van der Waals surface area contributed by atoms with Crippen LogP contribution in [0.2, 0.25) is 0 Å². The Morgan fingerprint density at radius 2 is 1.96 bits per heavy atom. The SMILES string of the molecule is CC(=O)NCCC1CC(C)(C)OC(C(O)C(COP)OP)C1NC(C)=O. The molecular weight excluding hydrogens is 378 g/mol. The Labute approximate surface area is 160 Å². The van der Waals surface area contributed by atoms with Gasteiger partial charge in [-0.05, 0) is 32.6 Å². The molecule has 26 heavy (non-hydrogen) atoms. The normalized spacial score (nSPS) is 27.4. The van der Waals surface area contributed by atoms with Crippen LogP contribution < -0.4 is 10.6 Å². The van der Waals surface area contributed by atoms with Crippen molar-refractivity contribution in [2.45, 2.75) is 70.5 Å². The molecule has 0 spiro atoms. The smallest absolute Gasteiger partial charge is 0.217 e. The lowest BCUT2D eigenvalue weighted by Gasteiger charge is -2.48. The number of hydrogen-bond donors (Lipinski definition) is 3. The lowest BCUT2D eigenvalue weighted by Crippen LogP contribution is -2.62. The van der Waals surface area contributed by atoms with Crippen molar-refractivity contribution in [1.82, 2.24) is 10.6 Å². The molecule has 1 rings (SSSR count). The Morgan fingerprint density at radius 1 is 1.31 bits per heavy atom. The van der Waals surface area contributed by atoms with Gasteiger partial charge in [-0.3, -0.25) is 9.59 Å². The fourth-order valence-corrected chi connectivity index (χ4v) is 3.90. The summed E-state index contributed by atoms with van der Waals surface area (Å²) in [6.45, 7) is 7.45. The zero-order valence-corrected chi connectivity index (χ0v) is 18.2. The zero-order chi connectivity index (χ0) is 19.9. The average Bonchev–Trinajstić information content (AvgIpc) is 2.53. The summed E-state index contributed by atoms with van der Waals surface area (Å²) in [5, 5.41) is 16.5. The van der Waals surface area contributed by atoms with Crippen LogP contribution in [0.3, 0.4) is 0 Å². The molecular formula is C16H32N2O6P2. The van der Waals surface area contributed by atoms with E-state index in [2.05, 4.69) is 29.6 Å². The fraction of sp³-hybridized carbons (Fsp3) is 0.875. The molecule has 7 unspecified atom stereocenters. The van der Waals surface area contributed by atoms with Gasteiger partial charge in [0, 0.05) is 39.3 Å². The molecule has 3 N–H and O–H groups in total. The third kappa shape index (κ3) is 7.34. The molecule has 1 saturated heterocycles. The maximum absolute atomic E-state index is 11.8. The number of aliphatic hydroxyl groups excluding tert-OH is 1. The summed E-state index contributed by atoms with van der Waals surface area (Å²) in [5.41, 5.74) is -0.491. The molecule has 0 radical (unpaired) electrons. The van der Waals surface area contributed by atoms with Crippen LogP contribution in [0, 0.1) is 5.92 Å². The van der Waals surface area contributed by atoms with Gasteiger partial charge in [-0.15, -0.1) is 0 Å². The Kier molecular flexibility index (Phi) is 9.87. The van der Waals surface area contributed by atoms with Gasteiger partial charge in [-0.1, -0.05) is 0 Å². The molecule has 8 nitrogen and oxygen atoms in total. The Balaban J connectivity index is 3.04. The number of carbonyl (C=O) groups is 2. The van der Waals surface area contributed by atoms with Crippen molar-refractivity contribution in [2.24, 2.45) is 5.92 Å². The highest BCUT2D eigenvalue weighted by Crippen LogP contribution is 2.37. The third-order valence-electron chi connectivity index (χ3n) is 4.48. The van der Waals surface area contributed by atoms with Crippen LogP contribution in [0.5, 0.6) is 0 Å². The first kappa shape index (κ1) is 23.7. The number of rotatable bonds is 9. The van der Waals surface area contributed by atoms with Gasteiger partial charge >= 0.3 is 0 Å². The van der Waals surface area contributed by atoms with Crippen molar-refractivity contribution in [3.8, 4) is 0 Å². The molecule has 152 valence electrons. The minimum atomic E-state index is -1.01. The highest BCUT2D eigenvalue weighted by molar-refractivity contribution is 7.10. The average molecular weight is 410 g/mol. The monoisotopic (exact) mass is 410 g/mol. The molecule has 0 aromatic carbocycles. The molecule has 1 heterocycles. The molecule has 7 atom stereocenters. The highest BCUT2D eigenvalue weighted by atomic mass is 31.0. The van der Waals surface area contributed by atoms with Crippen molar-refractivity contribution in [1.29, 1.82) is 0 Å². The number of hydrogen-bond acceptors (Lipinski definition) is 6. The lowest BCUT2D eigenvalue weighted by molar-refractivity contribution is -0.195. The van der Waals surface area contributed by atoms with Crippen LogP contribution in [0.25, 0.3) is 0 Å². The summed E-state index contributed by atoms with van der Waals surface area (Å²) in [5.74, 6) is -0.278. The molecule has 10 heteroatoms. The second kappa shape index (κ2) is 10.8. The second-order valence-electron chi connectivity index (χ2n) is 7.30. The van der Waals surface area contributed by atoms with Crippen LogP contribution in [0.4, 0.5) is 0 Å². The maximum atomic E-state index is 11.8. The topological polar surface area (TPSA) is 106 Å². The summed E-state index contributed by atoms with van der Waals surface area (Å²) < 4.78 is 16.4. The number of amides is 2. The van der Waals surface area contributed by atoms with E-state index >= 15 is 0 Å². The predicted octanol–water partition coefficient (Wildman–Crippen LogP) is 0.544. The number of ether oxygens (including phenoxy) is 1. The van der Waals surface area contributed by atoms with Gasteiger partial charge in [-0.25, -0.2) is 0 Å². The van der Waals surface area contributed by atoms with Gasteiger partial charge in [0.1, 0.15) is 18.3 Å². The predicted molar refractivity (Wildman–Crippen MR) is 104 cm³/mol. The van der Waals surface area contributed by atoms with Gasteiger partial charge in [0.25, 0.3) is 0 Å². The first-order valence-corrected chi connectivity index (χ1v) is 9.60. The molecule has 0 aromatic heterocycles. The largest absolute Gasteiger partial charge is 0.388 e. The van der Waals surface area contributed by atoms with Crippen molar-refractivity contribution < 1.29 is 28.5 Å². The first-order valence-electron chi connectivity index (χ1n) is 8.66. The highest BCUT2D eigenvalue weighted by Gasteiger charge is 2.47. The Morgan fingerprint density at radius 3 is 2.46 bits per heavy atom. The molecule has 0 bridgehead atoms. The third-order valence-corrected chi connectivity index (χ3v) is 5.02. The summed E-state index contributed by atoms with van der Waals surface area (Å²) in [7, 11) is 4.25. The van der Waals surface area contributed by atoms with Crippen molar-refractivity contribution in [2.75, 3.05) is 13.2 Å². The van der Waals surface area contributed by atoms with Gasteiger partial charge < -0.3 is 29.5 Å². The van der Waals surface area contributed by atoms with E-state index in [4.69, 9.17) is 13.8 Å². The summed E-state index contributed by atoms with van der Waals surface area (Å²) in [6, 6.07) is -0.406. The molecule has 0 saturated carbocycles. The van der Waals surface area contributed by atoms with E-state index in [1.807, 2.05) is 13.8 Å². The van der Waals surface area contributed by atoms with Gasteiger partial charge in [0.05, 0.1) is 18.2 Å². The molecule has 1 aliphatic heterocycles. The quantitative estimate of drug-likeness (QED) is 0.479. The van der Waals surface area contributed by atoms with Crippen LogP contribution in [0.1, 0.15) is 40.5 Å². The standard InChI is InChI=1S/C16H32N2O6P2/c1-9(19)17-6-5-11-7-16(3,4)23-15(13(11)18-10(2)20)14(21)12(24-26)8-22-25/h11-15,21H,5-8,25-26H2,1-4H3,(H,17,19)(H,18,20). The van der Waals surface area contributed by atoms with Crippen LogP contribution in [0.15, 0.2) is 0 Å². The lowest BCUT2D eigenvalue weighted by atomic mass is 9.77. The fourth-order valence-electron chi connectivity index (χ4n) is 3.47. The summed E-state index contributed by atoms with van der Waals surface area (Å²) >= 11 is 0. The zero-order valence-electron chi connectivity index (χ0n) is 15.9. The number of carbonyl (C=O) groups excluding carboxylic acids is 2. The minimum absolute atomic E-state index is 0.0243. The maximum Gasteiger partial charge on any atom is 0.217 e. The molecule has 1 aliphatic rings. The van der Waals surface area contributed by atoms with E-state index in [1.165, 1.54) is 13.8 Å². The van der Waals surface area contributed by atoms with E-state index in [-0.39, 0.29) is 24.3 Å². The molecule has 1 fully saturated rings. The van der Waals surface area contributed by atoms with Crippen LogP contribution >= 0.6 is 18.9 Å². The first-order chi connectivity index (χ1) is 12.1.